The van der Waals surface area contributed by atoms with E-state index in [4.69, 9.17) is 4.74 Å². The molecule has 0 aliphatic carbocycles. The van der Waals surface area contributed by atoms with E-state index >= 15 is 0 Å². The molecule has 1 heterocycles. The third-order valence-electron chi connectivity index (χ3n) is 5.02. The number of rotatable bonds is 4. The highest BCUT2D eigenvalue weighted by Crippen LogP contribution is 2.33. The molecule has 0 spiro atoms. The Kier molecular flexibility index (Phi) is 6.75. The van der Waals surface area contributed by atoms with Crippen LogP contribution in [0.1, 0.15) is 21.5 Å². The van der Waals surface area contributed by atoms with Gasteiger partial charge in [0.1, 0.15) is 11.3 Å². The predicted molar refractivity (Wildman–Crippen MR) is 126 cm³/mol. The quantitative estimate of drug-likeness (QED) is 0.201. The molecule has 4 amide bonds. The number of barbiturate groups is 1. The van der Waals surface area contributed by atoms with Crippen LogP contribution >= 0.6 is 15.9 Å². The van der Waals surface area contributed by atoms with Crippen molar-refractivity contribution in [2.24, 2.45) is 0 Å². The number of ether oxygens (including phenoxy) is 1. The largest absolute Gasteiger partial charge is 0.422 e. The van der Waals surface area contributed by atoms with E-state index in [2.05, 4.69) is 15.9 Å². The molecule has 1 saturated heterocycles. The number of halogens is 4. The minimum absolute atomic E-state index is 0.00247. The molecule has 3 aromatic rings. The SMILES string of the molecule is O=C1NC(=O)N(c2cccc(C(F)(F)F)c2)C(=O)/C1=C\c1cc(Br)ccc1OC(=O)c1ccccc1. The molecule has 0 bridgehead atoms. The highest BCUT2D eigenvalue weighted by atomic mass is 79.9. The van der Waals surface area contributed by atoms with Gasteiger partial charge in [-0.15, -0.1) is 0 Å². The van der Waals surface area contributed by atoms with Gasteiger partial charge in [0.15, 0.2) is 0 Å². The lowest BCUT2D eigenvalue weighted by Crippen LogP contribution is -2.54. The average Bonchev–Trinajstić information content (AvgIpc) is 2.83. The number of carbonyl (C=O) groups excluding carboxylic acids is 4. The Balaban J connectivity index is 1.72. The summed E-state index contributed by atoms with van der Waals surface area (Å²) in [5.41, 5.74) is -1.62. The van der Waals surface area contributed by atoms with E-state index in [1.807, 2.05) is 5.32 Å². The van der Waals surface area contributed by atoms with Crippen LogP contribution in [0, 0.1) is 0 Å². The van der Waals surface area contributed by atoms with Crippen molar-refractivity contribution in [3.05, 3.63) is 99.5 Å². The number of nitrogens with zero attached hydrogens (tertiary/aromatic N) is 1. The molecule has 182 valence electrons. The molecule has 3 aromatic carbocycles. The topological polar surface area (TPSA) is 92.8 Å². The summed E-state index contributed by atoms with van der Waals surface area (Å²) >= 11 is 3.26. The van der Waals surface area contributed by atoms with E-state index in [0.717, 1.165) is 24.3 Å². The Morgan fingerprint density at radius 2 is 1.67 bits per heavy atom. The zero-order valence-corrected chi connectivity index (χ0v) is 19.6. The standard InChI is InChI=1S/C25H14BrF3N2O5/c26-17-9-10-20(36-23(34)14-5-2-1-3-6-14)15(11-17)12-19-21(32)30-24(35)31(22(19)33)18-8-4-7-16(13-18)25(27,28)29/h1-13H,(H,30,32,35)/b19-12-. The summed E-state index contributed by atoms with van der Waals surface area (Å²) in [5.74, 6) is -2.91. The van der Waals surface area contributed by atoms with Crippen LogP contribution in [0.3, 0.4) is 0 Å². The van der Waals surface area contributed by atoms with Crippen LogP contribution in [0.2, 0.25) is 0 Å². The van der Waals surface area contributed by atoms with Crippen molar-refractivity contribution in [3.8, 4) is 5.75 Å². The first-order valence-electron chi connectivity index (χ1n) is 10.2. The normalized spacial score (nSPS) is 15.2. The summed E-state index contributed by atoms with van der Waals surface area (Å²) in [5, 5.41) is 1.95. The molecule has 0 atom stereocenters. The molecule has 7 nitrogen and oxygen atoms in total. The minimum atomic E-state index is -4.71. The Labute approximate surface area is 210 Å². The first-order valence-corrected chi connectivity index (χ1v) is 11.0. The van der Waals surface area contributed by atoms with E-state index in [-0.39, 0.29) is 22.6 Å². The number of hydrogen-bond acceptors (Lipinski definition) is 5. The Hall–Kier alpha value is -4.25. The molecule has 0 aromatic heterocycles. The number of hydrogen-bond donors (Lipinski definition) is 1. The van der Waals surface area contributed by atoms with E-state index in [9.17, 15) is 32.3 Å². The van der Waals surface area contributed by atoms with Crippen LogP contribution in [0.15, 0.2) is 82.8 Å². The fraction of sp³-hybridized carbons (Fsp3) is 0.0400. The zero-order valence-electron chi connectivity index (χ0n) is 18.0. The van der Waals surface area contributed by atoms with Crippen LogP contribution in [-0.4, -0.2) is 23.8 Å². The molecule has 1 aliphatic rings. The number of esters is 1. The van der Waals surface area contributed by atoms with Crippen molar-refractivity contribution in [1.82, 2.24) is 5.32 Å². The summed E-state index contributed by atoms with van der Waals surface area (Å²) in [4.78, 5) is 51.0. The van der Waals surface area contributed by atoms with Gasteiger partial charge in [0.2, 0.25) is 0 Å². The van der Waals surface area contributed by atoms with Crippen molar-refractivity contribution in [2.45, 2.75) is 6.18 Å². The lowest BCUT2D eigenvalue weighted by Gasteiger charge is -2.27. The molecule has 1 fully saturated rings. The highest BCUT2D eigenvalue weighted by Gasteiger charge is 2.38. The fourth-order valence-corrected chi connectivity index (χ4v) is 3.71. The second kappa shape index (κ2) is 9.78. The number of carbonyl (C=O) groups is 4. The van der Waals surface area contributed by atoms with Gasteiger partial charge in [0.05, 0.1) is 16.8 Å². The first kappa shape index (κ1) is 24.9. The lowest BCUT2D eigenvalue weighted by molar-refractivity contribution is -0.137. The smallest absolute Gasteiger partial charge is 0.416 e. The van der Waals surface area contributed by atoms with E-state index in [1.165, 1.54) is 24.3 Å². The second-order valence-electron chi connectivity index (χ2n) is 7.44. The van der Waals surface area contributed by atoms with Gasteiger partial charge in [-0.25, -0.2) is 14.5 Å². The van der Waals surface area contributed by atoms with Crippen molar-refractivity contribution in [3.63, 3.8) is 0 Å². The van der Waals surface area contributed by atoms with Crippen molar-refractivity contribution in [2.75, 3.05) is 4.90 Å². The number of benzene rings is 3. The van der Waals surface area contributed by atoms with Gasteiger partial charge < -0.3 is 4.74 Å². The van der Waals surface area contributed by atoms with Gasteiger partial charge in [-0.1, -0.05) is 40.2 Å². The number of nitrogens with one attached hydrogen (secondary N) is 1. The fourth-order valence-electron chi connectivity index (χ4n) is 3.33. The van der Waals surface area contributed by atoms with Gasteiger partial charge in [0.25, 0.3) is 11.8 Å². The average molecular weight is 559 g/mol. The summed E-state index contributed by atoms with van der Waals surface area (Å²) in [6, 6.07) is 14.9. The van der Waals surface area contributed by atoms with Crippen molar-refractivity contribution in [1.29, 1.82) is 0 Å². The van der Waals surface area contributed by atoms with Crippen LogP contribution in [-0.2, 0) is 15.8 Å². The van der Waals surface area contributed by atoms with Gasteiger partial charge in [-0.3, -0.25) is 14.9 Å². The van der Waals surface area contributed by atoms with Gasteiger partial charge in [-0.05, 0) is 54.6 Å². The maximum Gasteiger partial charge on any atom is 0.416 e. The lowest BCUT2D eigenvalue weighted by atomic mass is 10.1. The monoisotopic (exact) mass is 558 g/mol. The Morgan fingerprint density at radius 3 is 2.36 bits per heavy atom. The van der Waals surface area contributed by atoms with Gasteiger partial charge in [-0.2, -0.15) is 13.2 Å². The van der Waals surface area contributed by atoms with E-state index < -0.39 is 41.1 Å². The summed E-state index contributed by atoms with van der Waals surface area (Å²) in [7, 11) is 0. The molecule has 1 N–H and O–H groups in total. The molecular weight excluding hydrogens is 545 g/mol. The zero-order chi connectivity index (χ0) is 26.0. The first-order chi connectivity index (χ1) is 17.0. The summed E-state index contributed by atoms with van der Waals surface area (Å²) in [6.45, 7) is 0. The van der Waals surface area contributed by atoms with Crippen molar-refractivity contribution >= 4 is 51.5 Å². The predicted octanol–water partition coefficient (Wildman–Crippen LogP) is 5.35. The highest BCUT2D eigenvalue weighted by molar-refractivity contribution is 9.10. The maximum absolute atomic E-state index is 13.1. The molecule has 1 aliphatic heterocycles. The van der Waals surface area contributed by atoms with Crippen LogP contribution in [0.4, 0.5) is 23.7 Å². The minimum Gasteiger partial charge on any atom is -0.422 e. The molecule has 0 saturated carbocycles. The molecule has 11 heteroatoms. The third-order valence-corrected chi connectivity index (χ3v) is 5.51. The number of alkyl halides is 3. The van der Waals surface area contributed by atoms with Crippen LogP contribution < -0.4 is 15.0 Å². The van der Waals surface area contributed by atoms with Gasteiger partial charge >= 0.3 is 18.2 Å². The van der Waals surface area contributed by atoms with E-state index in [0.29, 0.717) is 15.4 Å². The molecule has 4 rings (SSSR count). The molecule has 0 radical (unpaired) electrons. The number of urea groups is 1. The second-order valence-corrected chi connectivity index (χ2v) is 8.36. The number of anilines is 1. The molecule has 36 heavy (non-hydrogen) atoms. The van der Waals surface area contributed by atoms with E-state index in [1.54, 1.807) is 24.3 Å². The van der Waals surface area contributed by atoms with Crippen molar-refractivity contribution < 1.29 is 37.1 Å². The molecule has 0 unspecified atom stereocenters. The Bertz CT molecular complexity index is 1420. The summed E-state index contributed by atoms with van der Waals surface area (Å²) < 4.78 is 45.4. The van der Waals surface area contributed by atoms with Crippen LogP contribution in [0.25, 0.3) is 6.08 Å². The number of imide groups is 2. The summed E-state index contributed by atoms with van der Waals surface area (Å²) in [6.07, 6.45) is -3.63. The Morgan fingerprint density at radius 1 is 0.944 bits per heavy atom. The van der Waals surface area contributed by atoms with Crippen LogP contribution in [0.5, 0.6) is 5.75 Å². The maximum atomic E-state index is 13.1. The number of amides is 4. The molecular formula is C25H14BrF3N2O5. The third kappa shape index (κ3) is 5.20. The van der Waals surface area contributed by atoms with Gasteiger partial charge in [0, 0.05) is 10.0 Å².